The highest BCUT2D eigenvalue weighted by molar-refractivity contribution is 7.09. The zero-order valence-corrected chi connectivity index (χ0v) is 12.8. The molecule has 0 saturated heterocycles. The van der Waals surface area contributed by atoms with Crippen LogP contribution in [0.4, 0.5) is 5.13 Å². The molecule has 1 aliphatic heterocycles. The van der Waals surface area contributed by atoms with Gasteiger partial charge in [0.25, 0.3) is 0 Å². The van der Waals surface area contributed by atoms with Gasteiger partial charge in [0.05, 0.1) is 0 Å². The molecule has 1 atom stereocenters. The SMILES string of the molecule is O=C(O)C1Cc2ccccc2CN1c1nc(-n2ccnc2)ns1. The van der Waals surface area contributed by atoms with E-state index >= 15 is 0 Å². The van der Waals surface area contributed by atoms with E-state index in [-0.39, 0.29) is 0 Å². The Bertz CT molecular complexity index is 845. The summed E-state index contributed by atoms with van der Waals surface area (Å²) in [6, 6.07) is 7.29. The predicted octanol–water partition coefficient (Wildman–Crippen LogP) is 1.74. The molecule has 8 heteroatoms. The number of hydrogen-bond donors (Lipinski definition) is 1. The Morgan fingerprint density at radius 3 is 2.87 bits per heavy atom. The molecular weight excluding hydrogens is 314 g/mol. The number of benzene rings is 1. The number of carbonyl (C=O) groups is 1. The molecule has 0 amide bonds. The van der Waals surface area contributed by atoms with Gasteiger partial charge in [0, 0.05) is 36.9 Å². The average molecular weight is 327 g/mol. The summed E-state index contributed by atoms with van der Waals surface area (Å²) in [5.41, 5.74) is 2.21. The minimum atomic E-state index is -0.848. The molecule has 23 heavy (non-hydrogen) atoms. The molecule has 3 heterocycles. The molecule has 0 spiro atoms. The monoisotopic (exact) mass is 327 g/mol. The quantitative estimate of drug-likeness (QED) is 0.789. The Morgan fingerprint density at radius 2 is 2.13 bits per heavy atom. The minimum absolute atomic E-state index is 0.464. The first-order valence-electron chi connectivity index (χ1n) is 7.10. The Balaban J connectivity index is 1.70. The van der Waals surface area contributed by atoms with Crippen LogP contribution in [-0.4, -0.2) is 36.0 Å². The zero-order valence-electron chi connectivity index (χ0n) is 12.0. The molecule has 0 aliphatic carbocycles. The molecule has 0 bridgehead atoms. The van der Waals surface area contributed by atoms with Crippen LogP contribution in [0.5, 0.6) is 0 Å². The third kappa shape index (κ3) is 2.46. The van der Waals surface area contributed by atoms with Crippen molar-refractivity contribution in [3.63, 3.8) is 0 Å². The van der Waals surface area contributed by atoms with Gasteiger partial charge in [0.15, 0.2) is 0 Å². The van der Waals surface area contributed by atoms with Crippen molar-refractivity contribution in [3.8, 4) is 5.95 Å². The maximum Gasteiger partial charge on any atom is 0.326 e. The van der Waals surface area contributed by atoms with Crippen LogP contribution in [0.2, 0.25) is 0 Å². The first kappa shape index (κ1) is 13.9. The molecule has 1 aliphatic rings. The van der Waals surface area contributed by atoms with Crippen LogP contribution in [0.25, 0.3) is 5.95 Å². The standard InChI is InChI=1S/C15H13N5O2S/c21-13(22)12-7-10-3-1-2-4-11(10)8-20(12)15-17-14(18-23-15)19-6-5-16-9-19/h1-6,9,12H,7-8H2,(H,21,22). The molecule has 2 aromatic heterocycles. The molecule has 116 valence electrons. The summed E-state index contributed by atoms with van der Waals surface area (Å²) in [6.45, 7) is 0.520. The Labute approximate surface area is 136 Å². The summed E-state index contributed by atoms with van der Waals surface area (Å²) in [5.74, 6) is -0.343. The summed E-state index contributed by atoms with van der Waals surface area (Å²) in [6.07, 6.45) is 5.49. The van der Waals surface area contributed by atoms with Crippen molar-refractivity contribution >= 4 is 22.6 Å². The lowest BCUT2D eigenvalue weighted by molar-refractivity contribution is -0.138. The van der Waals surface area contributed by atoms with Crippen LogP contribution in [0.1, 0.15) is 11.1 Å². The number of rotatable bonds is 3. The maximum absolute atomic E-state index is 11.7. The number of carboxylic acids is 1. The molecule has 0 saturated carbocycles. The fourth-order valence-electron chi connectivity index (χ4n) is 2.75. The van der Waals surface area contributed by atoms with Gasteiger partial charge in [-0.25, -0.2) is 9.78 Å². The highest BCUT2D eigenvalue weighted by atomic mass is 32.1. The van der Waals surface area contributed by atoms with E-state index in [1.807, 2.05) is 29.2 Å². The summed E-state index contributed by atoms with van der Waals surface area (Å²) in [4.78, 5) is 21.9. The van der Waals surface area contributed by atoms with Crippen LogP contribution in [0.3, 0.4) is 0 Å². The van der Waals surface area contributed by atoms with Crippen molar-refractivity contribution in [1.29, 1.82) is 0 Å². The van der Waals surface area contributed by atoms with Gasteiger partial charge in [-0.2, -0.15) is 9.36 Å². The fourth-order valence-corrected chi connectivity index (χ4v) is 3.47. The van der Waals surface area contributed by atoms with Crippen molar-refractivity contribution in [2.75, 3.05) is 4.90 Å². The van der Waals surface area contributed by atoms with Gasteiger partial charge in [-0.15, -0.1) is 0 Å². The molecule has 0 radical (unpaired) electrons. The number of aliphatic carboxylic acids is 1. The molecule has 3 aromatic rings. The Hall–Kier alpha value is -2.74. The summed E-state index contributed by atoms with van der Waals surface area (Å²) in [5, 5.41) is 10.2. The minimum Gasteiger partial charge on any atom is -0.480 e. The zero-order chi connectivity index (χ0) is 15.8. The second kappa shape index (κ2) is 5.47. The van der Waals surface area contributed by atoms with Crippen LogP contribution < -0.4 is 4.90 Å². The number of aromatic nitrogens is 4. The van der Waals surface area contributed by atoms with E-state index in [0.717, 1.165) is 11.1 Å². The van der Waals surface area contributed by atoms with Gasteiger partial charge >= 0.3 is 5.97 Å². The molecule has 1 aromatic carbocycles. The van der Waals surface area contributed by atoms with E-state index in [4.69, 9.17) is 0 Å². The lowest BCUT2D eigenvalue weighted by Crippen LogP contribution is -2.45. The smallest absolute Gasteiger partial charge is 0.326 e. The van der Waals surface area contributed by atoms with Crippen molar-refractivity contribution in [2.24, 2.45) is 0 Å². The number of fused-ring (bicyclic) bond motifs is 1. The van der Waals surface area contributed by atoms with Crippen LogP contribution in [0, 0.1) is 0 Å². The average Bonchev–Trinajstić information content (AvgIpc) is 3.24. The van der Waals surface area contributed by atoms with Gasteiger partial charge in [0.2, 0.25) is 11.1 Å². The lowest BCUT2D eigenvalue weighted by Gasteiger charge is -2.33. The molecule has 0 fully saturated rings. The third-order valence-electron chi connectivity index (χ3n) is 3.92. The van der Waals surface area contributed by atoms with E-state index in [9.17, 15) is 9.90 Å². The van der Waals surface area contributed by atoms with E-state index in [1.165, 1.54) is 11.5 Å². The van der Waals surface area contributed by atoms with Gasteiger partial charge < -0.3 is 10.0 Å². The first-order chi connectivity index (χ1) is 11.2. The van der Waals surface area contributed by atoms with Gasteiger partial charge in [-0.1, -0.05) is 24.3 Å². The lowest BCUT2D eigenvalue weighted by atomic mass is 9.94. The van der Waals surface area contributed by atoms with Gasteiger partial charge in [-0.05, 0) is 11.1 Å². The highest BCUT2D eigenvalue weighted by Crippen LogP contribution is 2.30. The Morgan fingerprint density at radius 1 is 1.30 bits per heavy atom. The highest BCUT2D eigenvalue weighted by Gasteiger charge is 2.33. The van der Waals surface area contributed by atoms with Crippen LogP contribution in [-0.2, 0) is 17.8 Å². The maximum atomic E-state index is 11.7. The third-order valence-corrected chi connectivity index (χ3v) is 4.66. The molecular formula is C15H13N5O2S. The number of anilines is 1. The van der Waals surface area contributed by atoms with Crippen molar-refractivity contribution in [3.05, 3.63) is 54.1 Å². The summed E-state index contributed by atoms with van der Waals surface area (Å²) >= 11 is 1.20. The molecule has 4 rings (SSSR count). The number of imidazole rings is 1. The van der Waals surface area contributed by atoms with Crippen molar-refractivity contribution < 1.29 is 9.90 Å². The summed E-state index contributed by atoms with van der Waals surface area (Å²) < 4.78 is 6.00. The number of carboxylic acid groups (broad SMARTS) is 1. The normalized spacial score (nSPS) is 17.0. The van der Waals surface area contributed by atoms with E-state index in [0.29, 0.717) is 24.0 Å². The van der Waals surface area contributed by atoms with Crippen molar-refractivity contribution in [1.82, 2.24) is 18.9 Å². The van der Waals surface area contributed by atoms with E-state index in [1.54, 1.807) is 23.3 Å². The number of hydrogen-bond acceptors (Lipinski definition) is 6. The van der Waals surface area contributed by atoms with Gasteiger partial charge in [-0.3, -0.25) is 4.57 Å². The second-order valence-corrected chi connectivity index (χ2v) is 6.03. The molecule has 7 nitrogen and oxygen atoms in total. The Kier molecular flexibility index (Phi) is 3.30. The number of nitrogens with zero attached hydrogens (tertiary/aromatic N) is 5. The predicted molar refractivity (Wildman–Crippen MR) is 84.8 cm³/mol. The molecule has 1 unspecified atom stereocenters. The second-order valence-electron chi connectivity index (χ2n) is 5.30. The molecule has 1 N–H and O–H groups in total. The largest absolute Gasteiger partial charge is 0.480 e. The summed E-state index contributed by atoms with van der Waals surface area (Å²) in [7, 11) is 0. The van der Waals surface area contributed by atoms with E-state index < -0.39 is 12.0 Å². The van der Waals surface area contributed by atoms with Crippen LogP contribution >= 0.6 is 11.5 Å². The fraction of sp³-hybridized carbons (Fsp3) is 0.200. The van der Waals surface area contributed by atoms with Gasteiger partial charge in [0.1, 0.15) is 12.4 Å². The van der Waals surface area contributed by atoms with E-state index in [2.05, 4.69) is 14.3 Å². The first-order valence-corrected chi connectivity index (χ1v) is 7.88. The topological polar surface area (TPSA) is 84.1 Å². The van der Waals surface area contributed by atoms with Crippen molar-refractivity contribution in [2.45, 2.75) is 19.0 Å². The van der Waals surface area contributed by atoms with Crippen LogP contribution in [0.15, 0.2) is 43.0 Å².